The first-order valence-corrected chi connectivity index (χ1v) is 8.07. The number of ether oxygens (including phenoxy) is 4. The SMILES string of the molecule is COc1cc(/C=C/C(=O)OCC(=O)c2ccc(OC(F)F)cc2)cc(OC)c1. The Balaban J connectivity index is 1.91. The molecule has 0 saturated heterocycles. The lowest BCUT2D eigenvalue weighted by Gasteiger charge is -2.06. The van der Waals surface area contributed by atoms with Crippen LogP contribution in [0.2, 0.25) is 0 Å². The fourth-order valence-electron chi connectivity index (χ4n) is 2.18. The Hall–Kier alpha value is -3.42. The predicted molar refractivity (Wildman–Crippen MR) is 96.9 cm³/mol. The van der Waals surface area contributed by atoms with E-state index >= 15 is 0 Å². The molecule has 0 radical (unpaired) electrons. The maximum atomic E-state index is 12.1. The van der Waals surface area contributed by atoms with Crippen LogP contribution in [-0.4, -0.2) is 39.2 Å². The number of benzene rings is 2. The van der Waals surface area contributed by atoms with Crippen molar-refractivity contribution in [2.45, 2.75) is 6.61 Å². The molecule has 0 amide bonds. The number of ketones is 1. The Morgan fingerprint density at radius 3 is 2.11 bits per heavy atom. The normalized spacial score (nSPS) is 10.8. The number of Topliss-reactive ketones (excluding diaryl/α,β-unsaturated/α-hetero) is 1. The topological polar surface area (TPSA) is 71.1 Å². The summed E-state index contributed by atoms with van der Waals surface area (Å²) in [6.45, 7) is -3.43. The highest BCUT2D eigenvalue weighted by atomic mass is 19.3. The molecule has 0 bridgehead atoms. The third-order valence-electron chi connectivity index (χ3n) is 3.53. The van der Waals surface area contributed by atoms with Gasteiger partial charge in [0.15, 0.2) is 12.4 Å². The molecule has 6 nitrogen and oxygen atoms in total. The molecule has 0 saturated carbocycles. The van der Waals surface area contributed by atoms with E-state index in [1.165, 1.54) is 50.6 Å². The zero-order valence-electron chi connectivity index (χ0n) is 15.2. The lowest BCUT2D eigenvalue weighted by Crippen LogP contribution is -2.12. The number of methoxy groups -OCH3 is 2. The van der Waals surface area contributed by atoms with Crippen LogP contribution < -0.4 is 14.2 Å². The van der Waals surface area contributed by atoms with Crippen molar-refractivity contribution in [1.29, 1.82) is 0 Å². The molecule has 0 spiro atoms. The first kappa shape index (κ1) is 20.9. The average Bonchev–Trinajstić information content (AvgIpc) is 2.70. The molecule has 8 heteroatoms. The quantitative estimate of drug-likeness (QED) is 0.368. The van der Waals surface area contributed by atoms with Crippen molar-refractivity contribution in [1.82, 2.24) is 0 Å². The molecule has 0 aliphatic heterocycles. The third kappa shape index (κ3) is 6.39. The molecular formula is C20H18F2O6. The van der Waals surface area contributed by atoms with Gasteiger partial charge in [-0.05, 0) is 48.0 Å². The van der Waals surface area contributed by atoms with Crippen LogP contribution in [0.3, 0.4) is 0 Å². The van der Waals surface area contributed by atoms with E-state index in [9.17, 15) is 18.4 Å². The van der Waals surface area contributed by atoms with Crippen LogP contribution in [0.15, 0.2) is 48.5 Å². The summed E-state index contributed by atoms with van der Waals surface area (Å²) >= 11 is 0. The standard InChI is InChI=1S/C20H18F2O6/c1-25-16-9-13(10-17(11-16)26-2)3-8-19(24)27-12-18(23)14-4-6-15(7-5-14)28-20(21)22/h3-11,20H,12H2,1-2H3/b8-3+. The second-order valence-corrected chi connectivity index (χ2v) is 5.41. The maximum absolute atomic E-state index is 12.1. The highest BCUT2D eigenvalue weighted by Crippen LogP contribution is 2.23. The number of esters is 1. The third-order valence-corrected chi connectivity index (χ3v) is 3.53. The fourth-order valence-corrected chi connectivity index (χ4v) is 2.18. The van der Waals surface area contributed by atoms with Gasteiger partial charge in [0.05, 0.1) is 14.2 Å². The summed E-state index contributed by atoms with van der Waals surface area (Å²) in [5.41, 5.74) is 0.852. The first-order valence-electron chi connectivity index (χ1n) is 8.07. The van der Waals surface area contributed by atoms with Gasteiger partial charge >= 0.3 is 12.6 Å². The summed E-state index contributed by atoms with van der Waals surface area (Å²) < 4.78 is 43.6. The summed E-state index contributed by atoms with van der Waals surface area (Å²) in [5.74, 6) is -0.148. The van der Waals surface area contributed by atoms with Crippen molar-refractivity contribution in [2.24, 2.45) is 0 Å². The van der Waals surface area contributed by atoms with E-state index in [-0.39, 0.29) is 11.3 Å². The Bertz CT molecular complexity index is 824. The minimum Gasteiger partial charge on any atom is -0.497 e. The molecule has 2 aromatic rings. The largest absolute Gasteiger partial charge is 0.497 e. The number of hydrogen-bond donors (Lipinski definition) is 0. The van der Waals surface area contributed by atoms with Crippen molar-refractivity contribution >= 4 is 17.8 Å². The van der Waals surface area contributed by atoms with Crippen molar-refractivity contribution < 1.29 is 37.3 Å². The molecule has 0 heterocycles. The van der Waals surface area contributed by atoms with Gasteiger partial charge in [-0.25, -0.2) is 4.79 Å². The van der Waals surface area contributed by atoms with Gasteiger partial charge in [0.1, 0.15) is 17.2 Å². The Morgan fingerprint density at radius 1 is 0.964 bits per heavy atom. The van der Waals surface area contributed by atoms with Gasteiger partial charge in [-0.2, -0.15) is 8.78 Å². The van der Waals surface area contributed by atoms with Crippen LogP contribution in [0.1, 0.15) is 15.9 Å². The Morgan fingerprint density at radius 2 is 1.57 bits per heavy atom. The highest BCUT2D eigenvalue weighted by molar-refractivity contribution is 5.99. The summed E-state index contributed by atoms with van der Waals surface area (Å²) in [7, 11) is 3.02. The molecule has 0 N–H and O–H groups in total. The zero-order chi connectivity index (χ0) is 20.5. The van der Waals surface area contributed by atoms with E-state index in [0.717, 1.165) is 0 Å². The lowest BCUT2D eigenvalue weighted by atomic mass is 10.1. The number of hydrogen-bond acceptors (Lipinski definition) is 6. The molecule has 28 heavy (non-hydrogen) atoms. The summed E-state index contributed by atoms with van der Waals surface area (Å²) in [6.07, 6.45) is 2.66. The van der Waals surface area contributed by atoms with Gasteiger partial charge < -0.3 is 18.9 Å². The number of halogens is 2. The number of alkyl halides is 2. The van der Waals surface area contributed by atoms with E-state index in [0.29, 0.717) is 17.1 Å². The molecule has 0 aliphatic carbocycles. The molecule has 2 aromatic carbocycles. The Labute approximate surface area is 160 Å². The van der Waals surface area contributed by atoms with Crippen molar-refractivity contribution in [2.75, 3.05) is 20.8 Å². The Kier molecular flexibility index (Phi) is 7.50. The van der Waals surface area contributed by atoms with Gasteiger partial charge in [-0.1, -0.05) is 0 Å². The molecule has 0 atom stereocenters. The van der Waals surface area contributed by atoms with Gasteiger partial charge in [-0.3, -0.25) is 4.79 Å². The van der Waals surface area contributed by atoms with Gasteiger partial charge in [-0.15, -0.1) is 0 Å². The fraction of sp³-hybridized carbons (Fsp3) is 0.200. The second kappa shape index (κ2) is 10.1. The van der Waals surface area contributed by atoms with Crippen molar-refractivity contribution in [3.63, 3.8) is 0 Å². The van der Waals surface area contributed by atoms with E-state index < -0.39 is 25.0 Å². The maximum Gasteiger partial charge on any atom is 0.387 e. The minimum atomic E-state index is -2.95. The minimum absolute atomic E-state index is 0.0693. The monoisotopic (exact) mass is 392 g/mol. The molecule has 0 unspecified atom stereocenters. The van der Waals surface area contributed by atoms with Crippen LogP contribution in [-0.2, 0) is 9.53 Å². The predicted octanol–water partition coefficient (Wildman–Crippen LogP) is 3.74. The molecular weight excluding hydrogens is 374 g/mol. The average molecular weight is 392 g/mol. The van der Waals surface area contributed by atoms with E-state index in [1.54, 1.807) is 18.2 Å². The highest BCUT2D eigenvalue weighted by Gasteiger charge is 2.10. The lowest BCUT2D eigenvalue weighted by molar-refractivity contribution is -0.136. The number of rotatable bonds is 9. The summed E-state index contributed by atoms with van der Waals surface area (Å²) in [6, 6.07) is 10.2. The number of carbonyl (C=O) groups is 2. The van der Waals surface area contributed by atoms with Gasteiger partial charge in [0.2, 0.25) is 0 Å². The van der Waals surface area contributed by atoms with Crippen molar-refractivity contribution in [3.05, 3.63) is 59.7 Å². The van der Waals surface area contributed by atoms with Gasteiger partial charge in [0.25, 0.3) is 0 Å². The van der Waals surface area contributed by atoms with Crippen molar-refractivity contribution in [3.8, 4) is 17.2 Å². The molecule has 0 aromatic heterocycles. The van der Waals surface area contributed by atoms with E-state index in [2.05, 4.69) is 4.74 Å². The first-order chi connectivity index (χ1) is 13.4. The smallest absolute Gasteiger partial charge is 0.387 e. The van der Waals surface area contributed by atoms with Crippen LogP contribution in [0, 0.1) is 0 Å². The van der Waals surface area contributed by atoms with E-state index in [1.807, 2.05) is 0 Å². The summed E-state index contributed by atoms with van der Waals surface area (Å²) in [4.78, 5) is 23.8. The zero-order valence-corrected chi connectivity index (χ0v) is 15.2. The molecule has 148 valence electrons. The summed E-state index contributed by atoms with van der Waals surface area (Å²) in [5, 5.41) is 0. The number of carbonyl (C=O) groups excluding carboxylic acids is 2. The van der Waals surface area contributed by atoms with Gasteiger partial charge in [0, 0.05) is 17.7 Å². The van der Waals surface area contributed by atoms with Crippen LogP contribution in [0.25, 0.3) is 6.08 Å². The molecule has 0 aliphatic rings. The van der Waals surface area contributed by atoms with Crippen LogP contribution >= 0.6 is 0 Å². The van der Waals surface area contributed by atoms with Crippen LogP contribution in [0.4, 0.5) is 8.78 Å². The molecule has 0 fully saturated rings. The van der Waals surface area contributed by atoms with Crippen LogP contribution in [0.5, 0.6) is 17.2 Å². The second-order valence-electron chi connectivity index (χ2n) is 5.41. The molecule has 2 rings (SSSR count). The van der Waals surface area contributed by atoms with E-state index in [4.69, 9.17) is 14.2 Å².